The van der Waals surface area contributed by atoms with Crippen molar-refractivity contribution in [1.82, 2.24) is 0 Å². The van der Waals surface area contributed by atoms with Gasteiger partial charge in [0.15, 0.2) is 5.58 Å². The van der Waals surface area contributed by atoms with Crippen molar-refractivity contribution in [2.24, 2.45) is 11.8 Å². The maximum absolute atomic E-state index is 14.4. The Labute approximate surface area is 258 Å². The number of quaternary nitrogens is 1. The van der Waals surface area contributed by atoms with Crippen molar-refractivity contribution in [3.8, 4) is 23.0 Å². The van der Waals surface area contributed by atoms with E-state index in [1.807, 2.05) is 27.7 Å². The largest absolute Gasteiger partial charge is 0.497 e. The summed E-state index contributed by atoms with van der Waals surface area (Å²) in [4.78, 5) is 27.8. The summed E-state index contributed by atoms with van der Waals surface area (Å²) in [6.07, 6.45) is -5.08. The average molecular weight is 633 g/mol. The van der Waals surface area contributed by atoms with Crippen LogP contribution in [0.5, 0.6) is 23.0 Å². The highest BCUT2D eigenvalue weighted by molar-refractivity contribution is 6.30. The highest BCUT2D eigenvalue weighted by Gasteiger charge is 2.41. The van der Waals surface area contributed by atoms with E-state index in [4.69, 9.17) is 30.2 Å². The van der Waals surface area contributed by atoms with Gasteiger partial charge in [-0.15, -0.1) is 0 Å². The zero-order chi connectivity index (χ0) is 32.2. The summed E-state index contributed by atoms with van der Waals surface area (Å²) in [5.74, 6) is -2.33. The lowest BCUT2D eigenvalue weighted by molar-refractivity contribution is -0.919. The molecule has 7 nitrogen and oxygen atoms in total. The smallest absolute Gasteiger partial charge is 0.453 e. The fourth-order valence-corrected chi connectivity index (χ4v) is 5.09. The summed E-state index contributed by atoms with van der Waals surface area (Å²) in [6, 6.07) is 14.4. The molecule has 0 spiro atoms. The van der Waals surface area contributed by atoms with Gasteiger partial charge in [-0.1, -0.05) is 39.3 Å². The lowest BCUT2D eigenvalue weighted by Gasteiger charge is -2.24. The predicted octanol–water partition coefficient (Wildman–Crippen LogP) is 7.18. The number of rotatable bonds is 11. The standard InChI is InChI=1S/C33H33ClF3NO6/c1-19(2)16-38(17-20(3)4)18-26-27(43-32(40)21-6-10-23(41-5)11-7-21)15-14-25-28(39)30(31(33(35,36)37)44-29(25)26)42-24-12-8-22(34)9-13-24/h6-15,19-20H,16-18H2,1-5H3/p+1. The number of halogens is 4. The number of methoxy groups -OCH3 is 1. The monoisotopic (exact) mass is 632 g/mol. The molecule has 1 aromatic heterocycles. The number of nitrogens with one attached hydrogen (secondary N) is 1. The number of ether oxygens (including phenoxy) is 3. The molecule has 3 aromatic carbocycles. The fourth-order valence-electron chi connectivity index (χ4n) is 4.96. The van der Waals surface area contributed by atoms with Crippen LogP contribution < -0.4 is 24.5 Å². The quantitative estimate of drug-likeness (QED) is 0.139. The van der Waals surface area contributed by atoms with Crippen LogP contribution in [0.2, 0.25) is 5.02 Å². The fraction of sp³-hybridized carbons (Fsp3) is 0.333. The number of carbonyl (C=O) groups is 1. The number of hydrogen-bond donors (Lipinski definition) is 1. The SMILES string of the molecule is COc1ccc(C(=O)Oc2ccc3c(=O)c(Oc4ccc(Cl)cc4)c(C(F)(F)F)oc3c2C[NH+](CC(C)C)CC(C)C)cc1. The highest BCUT2D eigenvalue weighted by Crippen LogP contribution is 2.40. The van der Waals surface area contributed by atoms with Crippen LogP contribution in [0.25, 0.3) is 11.0 Å². The van der Waals surface area contributed by atoms with Gasteiger partial charge in [-0.3, -0.25) is 4.79 Å². The summed E-state index contributed by atoms with van der Waals surface area (Å²) in [5, 5.41) is 0.199. The lowest BCUT2D eigenvalue weighted by Crippen LogP contribution is -3.11. The molecule has 0 aliphatic carbocycles. The molecule has 1 N–H and O–H groups in total. The Morgan fingerprint density at radius 3 is 2.05 bits per heavy atom. The van der Waals surface area contributed by atoms with Crippen molar-refractivity contribution in [2.45, 2.75) is 40.4 Å². The van der Waals surface area contributed by atoms with Gasteiger partial charge in [-0.05, 0) is 60.7 Å². The minimum atomic E-state index is -5.08. The van der Waals surface area contributed by atoms with E-state index in [-0.39, 0.29) is 52.0 Å². The maximum Gasteiger partial charge on any atom is 0.453 e. The molecule has 4 rings (SSSR count). The van der Waals surface area contributed by atoms with Gasteiger partial charge in [-0.25, -0.2) is 4.79 Å². The van der Waals surface area contributed by atoms with E-state index in [0.717, 1.165) is 4.90 Å². The van der Waals surface area contributed by atoms with Gasteiger partial charge < -0.3 is 23.5 Å². The molecule has 44 heavy (non-hydrogen) atoms. The number of hydrogen-bond acceptors (Lipinski definition) is 6. The van der Waals surface area contributed by atoms with Crippen LogP contribution in [0, 0.1) is 11.8 Å². The number of fused-ring (bicyclic) bond motifs is 1. The highest BCUT2D eigenvalue weighted by atomic mass is 35.5. The van der Waals surface area contributed by atoms with Crippen LogP contribution in [-0.2, 0) is 12.7 Å². The second-order valence-corrected chi connectivity index (χ2v) is 11.7. The van der Waals surface area contributed by atoms with Crippen LogP contribution in [0.4, 0.5) is 13.2 Å². The molecule has 11 heteroatoms. The molecular formula is C33H34ClF3NO6+. The van der Waals surface area contributed by atoms with Gasteiger partial charge in [0.1, 0.15) is 23.8 Å². The third-order valence-electron chi connectivity index (χ3n) is 6.72. The molecule has 0 saturated carbocycles. The molecule has 0 amide bonds. The molecule has 0 radical (unpaired) electrons. The first-order chi connectivity index (χ1) is 20.8. The molecule has 0 unspecified atom stereocenters. The Hall–Kier alpha value is -4.02. The first-order valence-electron chi connectivity index (χ1n) is 14.1. The van der Waals surface area contributed by atoms with E-state index in [1.54, 1.807) is 12.1 Å². The molecule has 4 aromatic rings. The first kappa shape index (κ1) is 32.9. The number of esters is 1. The van der Waals surface area contributed by atoms with Gasteiger partial charge in [0.2, 0.25) is 11.2 Å². The molecule has 234 valence electrons. The third kappa shape index (κ3) is 7.92. The summed E-state index contributed by atoms with van der Waals surface area (Å²) < 4.78 is 65.1. The lowest BCUT2D eigenvalue weighted by atomic mass is 10.1. The average Bonchev–Trinajstić information content (AvgIpc) is 2.95. The van der Waals surface area contributed by atoms with Gasteiger partial charge in [-0.2, -0.15) is 13.2 Å². The third-order valence-corrected chi connectivity index (χ3v) is 6.97. The van der Waals surface area contributed by atoms with Crippen LogP contribution in [-0.4, -0.2) is 26.2 Å². The minimum Gasteiger partial charge on any atom is -0.497 e. The van der Waals surface area contributed by atoms with E-state index in [9.17, 15) is 22.8 Å². The van der Waals surface area contributed by atoms with Crippen LogP contribution in [0.15, 0.2) is 69.9 Å². The van der Waals surface area contributed by atoms with Gasteiger partial charge >= 0.3 is 12.1 Å². The maximum atomic E-state index is 14.4. The zero-order valence-corrected chi connectivity index (χ0v) is 25.8. The minimum absolute atomic E-state index is 0.00836. The van der Waals surface area contributed by atoms with E-state index in [0.29, 0.717) is 23.9 Å². The van der Waals surface area contributed by atoms with Crippen molar-refractivity contribution < 1.29 is 41.5 Å². The van der Waals surface area contributed by atoms with E-state index >= 15 is 0 Å². The van der Waals surface area contributed by atoms with Crippen molar-refractivity contribution in [1.29, 1.82) is 0 Å². The molecule has 0 aliphatic rings. The Balaban J connectivity index is 1.91. The van der Waals surface area contributed by atoms with Crippen molar-refractivity contribution in [2.75, 3.05) is 20.2 Å². The van der Waals surface area contributed by atoms with Gasteiger partial charge in [0, 0.05) is 16.9 Å². The second kappa shape index (κ2) is 13.7. The van der Waals surface area contributed by atoms with Gasteiger partial charge in [0.05, 0.1) is 36.7 Å². The van der Waals surface area contributed by atoms with Crippen LogP contribution in [0.1, 0.15) is 49.4 Å². The van der Waals surface area contributed by atoms with Crippen molar-refractivity contribution >= 4 is 28.5 Å². The summed E-state index contributed by atoms with van der Waals surface area (Å²) in [6.45, 7) is 9.64. The molecular weight excluding hydrogens is 599 g/mol. The second-order valence-electron chi connectivity index (χ2n) is 11.3. The Morgan fingerprint density at radius 2 is 1.50 bits per heavy atom. The first-order valence-corrected chi connectivity index (χ1v) is 14.5. The Morgan fingerprint density at radius 1 is 0.909 bits per heavy atom. The zero-order valence-electron chi connectivity index (χ0n) is 25.0. The van der Waals surface area contributed by atoms with Crippen molar-refractivity contribution in [3.05, 3.63) is 92.8 Å². The molecule has 0 saturated heterocycles. The summed E-state index contributed by atoms with van der Waals surface area (Å²) in [5.41, 5.74) is -0.969. The Bertz CT molecular complexity index is 1660. The van der Waals surface area contributed by atoms with Crippen LogP contribution >= 0.6 is 11.6 Å². The molecule has 0 fully saturated rings. The van der Waals surface area contributed by atoms with Gasteiger partial charge in [0.25, 0.3) is 5.76 Å². The van der Waals surface area contributed by atoms with E-state index in [2.05, 4.69) is 0 Å². The molecule has 0 bridgehead atoms. The topological polar surface area (TPSA) is 79.4 Å². The molecule has 0 aliphatic heterocycles. The number of alkyl halides is 3. The van der Waals surface area contributed by atoms with E-state index in [1.165, 1.54) is 55.6 Å². The normalized spacial score (nSPS) is 11.9. The Kier molecular flexibility index (Phi) is 10.3. The summed E-state index contributed by atoms with van der Waals surface area (Å²) in [7, 11) is 1.49. The molecule has 0 atom stereocenters. The van der Waals surface area contributed by atoms with Crippen molar-refractivity contribution in [3.63, 3.8) is 0 Å². The van der Waals surface area contributed by atoms with Crippen LogP contribution in [0.3, 0.4) is 0 Å². The summed E-state index contributed by atoms with van der Waals surface area (Å²) >= 11 is 5.89. The number of carbonyl (C=O) groups excluding carboxylic acids is 1. The predicted molar refractivity (Wildman–Crippen MR) is 161 cm³/mol. The van der Waals surface area contributed by atoms with E-state index < -0.39 is 29.1 Å². The molecule has 1 heterocycles. The number of benzene rings is 3.